The molecular weight excluding hydrogens is 220 g/mol. The topological polar surface area (TPSA) is 80.0 Å². The average Bonchev–Trinajstić information content (AvgIpc) is 2.48. The first-order valence-corrected chi connectivity index (χ1v) is 4.55. The number of halogens is 1. The van der Waals surface area contributed by atoms with Gasteiger partial charge in [0, 0.05) is 25.6 Å². The van der Waals surface area contributed by atoms with Crippen LogP contribution in [0.1, 0.15) is 16.2 Å². The molecule has 0 unspecified atom stereocenters. The molecule has 2 N–H and O–H groups in total. The van der Waals surface area contributed by atoms with Crippen molar-refractivity contribution in [3.05, 3.63) is 11.4 Å². The van der Waals surface area contributed by atoms with Gasteiger partial charge >= 0.3 is 0 Å². The number of carbonyl (C=O) groups is 1. The highest BCUT2D eigenvalue weighted by atomic mass is 35.5. The van der Waals surface area contributed by atoms with Gasteiger partial charge in [-0.15, -0.1) is 12.4 Å². The number of nitrogens with zero attached hydrogens (tertiary/aromatic N) is 2. The summed E-state index contributed by atoms with van der Waals surface area (Å²) in [6.45, 7) is 4.31. The van der Waals surface area contributed by atoms with Crippen molar-refractivity contribution in [2.24, 2.45) is 5.92 Å². The number of nitrogens with one attached hydrogen (secondary N) is 2. The van der Waals surface area contributed by atoms with Crippen LogP contribution in [0.5, 0.6) is 0 Å². The van der Waals surface area contributed by atoms with Gasteiger partial charge in [0.05, 0.1) is 0 Å². The minimum atomic E-state index is -0.212. The predicted octanol–water partition coefficient (Wildman–Crippen LogP) is -0.251. The van der Waals surface area contributed by atoms with Crippen molar-refractivity contribution in [1.29, 1.82) is 0 Å². The van der Waals surface area contributed by atoms with Gasteiger partial charge in [0.1, 0.15) is 5.69 Å². The quantitative estimate of drug-likeness (QED) is 0.751. The van der Waals surface area contributed by atoms with Gasteiger partial charge < -0.3 is 10.6 Å². The van der Waals surface area contributed by atoms with E-state index in [0.29, 0.717) is 18.2 Å². The number of carbonyl (C=O) groups excluding carboxylic acids is 1. The maximum absolute atomic E-state index is 11.5. The van der Waals surface area contributed by atoms with Crippen LogP contribution in [0.25, 0.3) is 0 Å². The SMILES string of the molecule is Cc1nonc1C(=O)NCC1CNC1.Cl. The third-order valence-corrected chi connectivity index (χ3v) is 2.28. The molecule has 1 aromatic rings. The van der Waals surface area contributed by atoms with Gasteiger partial charge in [-0.2, -0.15) is 0 Å². The third kappa shape index (κ3) is 2.66. The van der Waals surface area contributed by atoms with Crippen LogP contribution in [0.4, 0.5) is 0 Å². The number of rotatable bonds is 3. The van der Waals surface area contributed by atoms with E-state index in [4.69, 9.17) is 0 Å². The largest absolute Gasteiger partial charge is 0.350 e. The Morgan fingerprint density at radius 3 is 2.80 bits per heavy atom. The molecule has 1 saturated heterocycles. The van der Waals surface area contributed by atoms with Crippen LogP contribution in [0.3, 0.4) is 0 Å². The lowest BCUT2D eigenvalue weighted by Crippen LogP contribution is -2.48. The normalized spacial score (nSPS) is 15.3. The van der Waals surface area contributed by atoms with Crippen molar-refractivity contribution in [2.45, 2.75) is 6.92 Å². The van der Waals surface area contributed by atoms with Gasteiger partial charge in [0.25, 0.3) is 5.91 Å². The van der Waals surface area contributed by atoms with Crippen LogP contribution in [-0.2, 0) is 0 Å². The highest BCUT2D eigenvalue weighted by Crippen LogP contribution is 2.03. The van der Waals surface area contributed by atoms with Crippen molar-refractivity contribution < 1.29 is 9.42 Å². The summed E-state index contributed by atoms with van der Waals surface area (Å²) in [4.78, 5) is 11.5. The van der Waals surface area contributed by atoms with Gasteiger partial charge in [-0.1, -0.05) is 5.16 Å². The third-order valence-electron chi connectivity index (χ3n) is 2.28. The molecule has 15 heavy (non-hydrogen) atoms. The fraction of sp³-hybridized carbons (Fsp3) is 0.625. The van der Waals surface area contributed by atoms with Gasteiger partial charge in [-0.3, -0.25) is 4.79 Å². The van der Waals surface area contributed by atoms with Crippen molar-refractivity contribution in [3.8, 4) is 0 Å². The number of hydrogen-bond acceptors (Lipinski definition) is 5. The molecule has 0 saturated carbocycles. The van der Waals surface area contributed by atoms with Crippen molar-refractivity contribution >= 4 is 18.3 Å². The maximum atomic E-state index is 11.5. The standard InChI is InChI=1S/C8H12N4O2.ClH/c1-5-7(12-14-11-5)8(13)10-4-6-2-9-3-6;/h6,9H,2-4H2,1H3,(H,10,13);1H. The summed E-state index contributed by atoms with van der Waals surface area (Å²) in [5.41, 5.74) is 0.798. The molecule has 2 heterocycles. The molecule has 6 nitrogen and oxygen atoms in total. The molecule has 0 radical (unpaired) electrons. The van der Waals surface area contributed by atoms with E-state index in [1.54, 1.807) is 6.92 Å². The van der Waals surface area contributed by atoms with E-state index in [9.17, 15) is 4.79 Å². The Hall–Kier alpha value is -1.14. The molecule has 1 aromatic heterocycles. The number of hydrogen-bond donors (Lipinski definition) is 2. The molecule has 0 atom stereocenters. The van der Waals surface area contributed by atoms with Crippen LogP contribution in [0.2, 0.25) is 0 Å². The Labute approximate surface area is 93.2 Å². The average molecular weight is 233 g/mol. The Morgan fingerprint density at radius 2 is 2.33 bits per heavy atom. The Kier molecular flexibility index (Phi) is 4.05. The highest BCUT2D eigenvalue weighted by molar-refractivity contribution is 5.92. The minimum absolute atomic E-state index is 0. The first kappa shape index (κ1) is 11.9. The predicted molar refractivity (Wildman–Crippen MR) is 55.0 cm³/mol. The Bertz CT molecular complexity index is 337. The summed E-state index contributed by atoms with van der Waals surface area (Å²) >= 11 is 0. The molecule has 1 amide bonds. The zero-order chi connectivity index (χ0) is 9.97. The van der Waals surface area contributed by atoms with E-state index in [1.165, 1.54) is 0 Å². The molecule has 0 aliphatic carbocycles. The van der Waals surface area contributed by atoms with Crippen LogP contribution < -0.4 is 10.6 Å². The zero-order valence-corrected chi connectivity index (χ0v) is 9.13. The Morgan fingerprint density at radius 1 is 1.60 bits per heavy atom. The summed E-state index contributed by atoms with van der Waals surface area (Å²) in [5, 5.41) is 13.0. The van der Waals surface area contributed by atoms with E-state index in [-0.39, 0.29) is 24.0 Å². The Balaban J connectivity index is 0.00000112. The van der Waals surface area contributed by atoms with Crippen molar-refractivity contribution in [3.63, 3.8) is 0 Å². The van der Waals surface area contributed by atoms with E-state index in [2.05, 4.69) is 25.6 Å². The van der Waals surface area contributed by atoms with Crippen LogP contribution in [0, 0.1) is 12.8 Å². The first-order valence-electron chi connectivity index (χ1n) is 4.55. The lowest BCUT2D eigenvalue weighted by molar-refractivity contribution is 0.0932. The van der Waals surface area contributed by atoms with Crippen molar-refractivity contribution in [1.82, 2.24) is 20.9 Å². The molecule has 1 aliphatic rings. The first-order chi connectivity index (χ1) is 6.77. The maximum Gasteiger partial charge on any atom is 0.275 e. The minimum Gasteiger partial charge on any atom is -0.350 e. The molecule has 1 aliphatic heterocycles. The number of amides is 1. The van der Waals surface area contributed by atoms with Crippen molar-refractivity contribution in [2.75, 3.05) is 19.6 Å². The van der Waals surface area contributed by atoms with E-state index < -0.39 is 0 Å². The second kappa shape index (κ2) is 5.09. The van der Waals surface area contributed by atoms with Gasteiger partial charge in [0.15, 0.2) is 5.69 Å². The molecule has 0 spiro atoms. The van der Waals surface area contributed by atoms with Crippen LogP contribution in [-0.4, -0.2) is 35.9 Å². The smallest absolute Gasteiger partial charge is 0.275 e. The fourth-order valence-corrected chi connectivity index (χ4v) is 1.25. The lowest BCUT2D eigenvalue weighted by atomic mass is 10.0. The summed E-state index contributed by atoms with van der Waals surface area (Å²) in [5.74, 6) is 0.328. The molecule has 7 heteroatoms. The lowest BCUT2D eigenvalue weighted by Gasteiger charge is -2.26. The molecular formula is C8H13ClN4O2. The summed E-state index contributed by atoms with van der Waals surface area (Å²) in [6, 6.07) is 0. The van der Waals surface area contributed by atoms with E-state index in [0.717, 1.165) is 13.1 Å². The van der Waals surface area contributed by atoms with Gasteiger partial charge in [0.2, 0.25) is 0 Å². The molecule has 1 fully saturated rings. The van der Waals surface area contributed by atoms with Crippen LogP contribution >= 0.6 is 12.4 Å². The summed E-state index contributed by atoms with van der Waals surface area (Å²) < 4.78 is 4.44. The van der Waals surface area contributed by atoms with Gasteiger partial charge in [-0.05, 0) is 12.1 Å². The number of aromatic nitrogens is 2. The second-order valence-corrected chi connectivity index (χ2v) is 3.43. The van der Waals surface area contributed by atoms with Crippen LogP contribution in [0.15, 0.2) is 4.63 Å². The fourth-order valence-electron chi connectivity index (χ4n) is 1.25. The molecule has 84 valence electrons. The highest BCUT2D eigenvalue weighted by Gasteiger charge is 2.20. The monoisotopic (exact) mass is 232 g/mol. The van der Waals surface area contributed by atoms with Gasteiger partial charge in [-0.25, -0.2) is 4.63 Å². The van der Waals surface area contributed by atoms with E-state index in [1.807, 2.05) is 0 Å². The molecule has 0 bridgehead atoms. The second-order valence-electron chi connectivity index (χ2n) is 3.43. The summed E-state index contributed by atoms with van der Waals surface area (Å²) in [6.07, 6.45) is 0. The number of aryl methyl sites for hydroxylation is 1. The molecule has 2 rings (SSSR count). The zero-order valence-electron chi connectivity index (χ0n) is 8.32. The van der Waals surface area contributed by atoms with E-state index >= 15 is 0 Å². The summed E-state index contributed by atoms with van der Waals surface area (Å²) in [7, 11) is 0. The molecule has 0 aromatic carbocycles.